The van der Waals surface area contributed by atoms with E-state index < -0.39 is 0 Å². The van der Waals surface area contributed by atoms with E-state index in [1.165, 1.54) is 0 Å². The van der Waals surface area contributed by atoms with E-state index in [0.29, 0.717) is 13.2 Å². The smallest absolute Gasteiger partial charge is 0.159 e. The van der Waals surface area contributed by atoms with Gasteiger partial charge in [-0.1, -0.05) is 20.3 Å². The number of anilines is 1. The van der Waals surface area contributed by atoms with Gasteiger partial charge in [0, 0.05) is 20.3 Å². The second kappa shape index (κ2) is 10.1. The third kappa shape index (κ3) is 5.52. The molecule has 1 N–H and O–H groups in total. The molecule has 0 bridgehead atoms. The number of nitrogens with zero attached hydrogens (tertiary/aromatic N) is 2. The van der Waals surface area contributed by atoms with Gasteiger partial charge in [0.2, 0.25) is 0 Å². The molecule has 0 saturated carbocycles. The van der Waals surface area contributed by atoms with E-state index >= 15 is 0 Å². The molecule has 1 rings (SSSR count). The number of nitrogens with one attached hydrogen (secondary N) is 1. The number of hydrogen-bond donors (Lipinski definition) is 1. The van der Waals surface area contributed by atoms with E-state index in [1.54, 1.807) is 7.11 Å². The molecule has 0 aliphatic heterocycles. The number of rotatable bonds is 10. The fourth-order valence-electron chi connectivity index (χ4n) is 2.00. The van der Waals surface area contributed by atoms with Crippen molar-refractivity contribution in [1.82, 2.24) is 9.97 Å². The third-order valence-corrected chi connectivity index (χ3v) is 3.80. The van der Waals surface area contributed by atoms with Crippen LogP contribution in [0.15, 0.2) is 4.47 Å². The highest BCUT2D eigenvalue weighted by atomic mass is 79.9. The highest BCUT2D eigenvalue weighted by Crippen LogP contribution is 2.28. The van der Waals surface area contributed by atoms with Gasteiger partial charge < -0.3 is 14.8 Å². The molecule has 0 aromatic carbocycles. The standard InChI is InChI=1S/C15H26BrN3O2/c1-5-8-12(21-7-3)14-18-11(10-20-4)13(16)15(19-14)17-9-6-2/h12H,5-10H2,1-4H3,(H,17,18,19). The lowest BCUT2D eigenvalue weighted by Gasteiger charge is -2.18. The Hall–Kier alpha value is -0.720. The summed E-state index contributed by atoms with van der Waals surface area (Å²) < 4.78 is 11.9. The molecule has 0 aliphatic rings. The SMILES string of the molecule is CCCNc1nc(C(CCC)OCC)nc(COC)c1Br. The van der Waals surface area contributed by atoms with Crippen LogP contribution in [0.5, 0.6) is 0 Å². The monoisotopic (exact) mass is 359 g/mol. The van der Waals surface area contributed by atoms with E-state index in [-0.39, 0.29) is 6.10 Å². The molecule has 1 unspecified atom stereocenters. The lowest BCUT2D eigenvalue weighted by atomic mass is 10.2. The van der Waals surface area contributed by atoms with E-state index in [4.69, 9.17) is 9.47 Å². The maximum Gasteiger partial charge on any atom is 0.159 e. The molecule has 5 nitrogen and oxygen atoms in total. The normalized spacial score (nSPS) is 12.4. The highest BCUT2D eigenvalue weighted by Gasteiger charge is 2.19. The Morgan fingerprint density at radius 1 is 1.19 bits per heavy atom. The van der Waals surface area contributed by atoms with Crippen molar-refractivity contribution >= 4 is 21.7 Å². The summed E-state index contributed by atoms with van der Waals surface area (Å²) in [5.74, 6) is 1.54. The minimum Gasteiger partial charge on any atom is -0.378 e. The zero-order valence-electron chi connectivity index (χ0n) is 13.4. The van der Waals surface area contributed by atoms with E-state index in [2.05, 4.69) is 45.1 Å². The second-order valence-electron chi connectivity index (χ2n) is 4.78. The summed E-state index contributed by atoms with van der Waals surface area (Å²) in [7, 11) is 1.67. The summed E-state index contributed by atoms with van der Waals surface area (Å²) in [4.78, 5) is 9.26. The van der Waals surface area contributed by atoms with Crippen molar-refractivity contribution < 1.29 is 9.47 Å². The van der Waals surface area contributed by atoms with Crippen LogP contribution in [0.1, 0.15) is 57.7 Å². The Balaban J connectivity index is 3.13. The first-order valence-corrected chi connectivity index (χ1v) is 8.37. The lowest BCUT2D eigenvalue weighted by Crippen LogP contribution is -2.14. The predicted molar refractivity (Wildman–Crippen MR) is 88.5 cm³/mol. The molecule has 21 heavy (non-hydrogen) atoms. The Labute approximate surface area is 136 Å². The summed E-state index contributed by atoms with van der Waals surface area (Å²) in [6.45, 7) is 8.22. The quantitative estimate of drug-likeness (QED) is 0.681. The summed E-state index contributed by atoms with van der Waals surface area (Å²) in [6.07, 6.45) is 2.91. The molecule has 0 radical (unpaired) electrons. The maximum atomic E-state index is 5.79. The Morgan fingerprint density at radius 2 is 1.95 bits per heavy atom. The van der Waals surface area contributed by atoms with Gasteiger partial charge in [-0.05, 0) is 35.7 Å². The predicted octanol–water partition coefficient (Wildman–Crippen LogP) is 4.09. The molecule has 0 amide bonds. The largest absolute Gasteiger partial charge is 0.378 e. The van der Waals surface area contributed by atoms with E-state index in [1.807, 2.05) is 6.92 Å². The van der Waals surface area contributed by atoms with Gasteiger partial charge in [0.1, 0.15) is 11.9 Å². The van der Waals surface area contributed by atoms with Crippen LogP contribution in [0, 0.1) is 0 Å². The molecule has 120 valence electrons. The number of halogens is 1. The van der Waals surface area contributed by atoms with E-state index in [0.717, 1.165) is 47.6 Å². The molecule has 0 aliphatic carbocycles. The fourth-order valence-corrected chi connectivity index (χ4v) is 2.43. The molecule has 0 spiro atoms. The van der Waals surface area contributed by atoms with Crippen LogP contribution >= 0.6 is 15.9 Å². The fraction of sp³-hybridized carbons (Fsp3) is 0.733. The Morgan fingerprint density at radius 3 is 2.52 bits per heavy atom. The zero-order chi connectivity index (χ0) is 15.7. The molecule has 0 fully saturated rings. The lowest BCUT2D eigenvalue weighted by molar-refractivity contribution is 0.0489. The Bertz CT molecular complexity index is 424. The van der Waals surface area contributed by atoms with Crippen molar-refractivity contribution in [2.75, 3.05) is 25.6 Å². The molecule has 1 atom stereocenters. The van der Waals surface area contributed by atoms with Crippen molar-refractivity contribution in [2.24, 2.45) is 0 Å². The molecular formula is C15H26BrN3O2. The molecular weight excluding hydrogens is 334 g/mol. The van der Waals surface area contributed by atoms with Crippen molar-refractivity contribution in [3.63, 3.8) is 0 Å². The van der Waals surface area contributed by atoms with Crippen LogP contribution in [0.3, 0.4) is 0 Å². The van der Waals surface area contributed by atoms with Gasteiger partial charge >= 0.3 is 0 Å². The first-order valence-electron chi connectivity index (χ1n) is 7.58. The van der Waals surface area contributed by atoms with Crippen molar-refractivity contribution in [2.45, 2.75) is 52.7 Å². The minimum absolute atomic E-state index is 0.0640. The average molecular weight is 360 g/mol. The van der Waals surface area contributed by atoms with Crippen molar-refractivity contribution in [3.8, 4) is 0 Å². The number of hydrogen-bond acceptors (Lipinski definition) is 5. The second-order valence-corrected chi connectivity index (χ2v) is 5.58. The third-order valence-electron chi connectivity index (χ3n) is 2.97. The molecule has 6 heteroatoms. The summed E-state index contributed by atoms with van der Waals surface area (Å²) in [6, 6.07) is 0. The van der Waals surface area contributed by atoms with Gasteiger partial charge in [0.25, 0.3) is 0 Å². The van der Waals surface area contributed by atoms with Gasteiger partial charge in [-0.15, -0.1) is 0 Å². The summed E-state index contributed by atoms with van der Waals surface area (Å²) >= 11 is 3.57. The van der Waals surface area contributed by atoms with Gasteiger partial charge in [-0.25, -0.2) is 9.97 Å². The minimum atomic E-state index is -0.0640. The van der Waals surface area contributed by atoms with Crippen molar-refractivity contribution in [1.29, 1.82) is 0 Å². The highest BCUT2D eigenvalue weighted by molar-refractivity contribution is 9.10. The van der Waals surface area contributed by atoms with Crippen LogP contribution in [0.25, 0.3) is 0 Å². The van der Waals surface area contributed by atoms with Crippen LogP contribution in [0.2, 0.25) is 0 Å². The zero-order valence-corrected chi connectivity index (χ0v) is 15.0. The molecule has 1 aromatic rings. The van der Waals surface area contributed by atoms with Crippen LogP contribution in [-0.4, -0.2) is 30.2 Å². The van der Waals surface area contributed by atoms with Gasteiger partial charge in [-0.2, -0.15) is 0 Å². The summed E-state index contributed by atoms with van der Waals surface area (Å²) in [5.41, 5.74) is 0.849. The number of ether oxygens (including phenoxy) is 2. The summed E-state index contributed by atoms with van der Waals surface area (Å²) in [5, 5.41) is 3.33. The van der Waals surface area contributed by atoms with Crippen LogP contribution < -0.4 is 5.32 Å². The topological polar surface area (TPSA) is 56.3 Å². The number of aromatic nitrogens is 2. The van der Waals surface area contributed by atoms with Gasteiger partial charge in [-0.3, -0.25) is 0 Å². The van der Waals surface area contributed by atoms with Crippen molar-refractivity contribution in [3.05, 3.63) is 16.0 Å². The first kappa shape index (κ1) is 18.3. The van der Waals surface area contributed by atoms with Crippen LogP contribution in [0.4, 0.5) is 5.82 Å². The van der Waals surface area contributed by atoms with Crippen LogP contribution in [-0.2, 0) is 16.1 Å². The molecule has 1 heterocycles. The van der Waals surface area contributed by atoms with Gasteiger partial charge in [0.15, 0.2) is 5.82 Å². The first-order chi connectivity index (χ1) is 10.2. The van der Waals surface area contributed by atoms with Gasteiger partial charge in [0.05, 0.1) is 16.8 Å². The van der Waals surface area contributed by atoms with E-state index in [9.17, 15) is 0 Å². The molecule has 1 aromatic heterocycles. The maximum absolute atomic E-state index is 5.79. The average Bonchev–Trinajstić information content (AvgIpc) is 2.48. The molecule has 0 saturated heterocycles. The Kier molecular flexibility index (Phi) is 8.80. The number of methoxy groups -OCH3 is 1.